The highest BCUT2D eigenvalue weighted by molar-refractivity contribution is 7.13. The molecular formula is C20H18FN3O2S. The molecule has 0 saturated carbocycles. The topological polar surface area (TPSA) is 71.1 Å². The lowest BCUT2D eigenvalue weighted by atomic mass is 10.1. The zero-order valence-electron chi connectivity index (χ0n) is 14.9. The zero-order valence-corrected chi connectivity index (χ0v) is 15.7. The molecule has 1 heterocycles. The van der Waals surface area contributed by atoms with Gasteiger partial charge in [-0.15, -0.1) is 11.3 Å². The number of anilines is 2. The molecule has 0 atom stereocenters. The third kappa shape index (κ3) is 4.98. The summed E-state index contributed by atoms with van der Waals surface area (Å²) in [7, 11) is 0. The highest BCUT2D eigenvalue weighted by Gasteiger charge is 2.12. The molecule has 2 aromatic carbocycles. The summed E-state index contributed by atoms with van der Waals surface area (Å²) < 4.78 is 13.9. The average molecular weight is 383 g/mol. The lowest BCUT2D eigenvalue weighted by Crippen LogP contribution is -2.16. The van der Waals surface area contributed by atoms with Crippen molar-refractivity contribution in [2.75, 3.05) is 10.6 Å². The first-order valence-corrected chi connectivity index (χ1v) is 9.17. The molecule has 0 radical (unpaired) electrons. The lowest BCUT2D eigenvalue weighted by Gasteiger charge is -2.08. The van der Waals surface area contributed by atoms with Gasteiger partial charge in [-0.05, 0) is 31.2 Å². The average Bonchev–Trinajstić information content (AvgIpc) is 3.06. The van der Waals surface area contributed by atoms with Crippen LogP contribution in [0.2, 0.25) is 0 Å². The van der Waals surface area contributed by atoms with Crippen molar-refractivity contribution >= 4 is 34.5 Å². The largest absolute Gasteiger partial charge is 0.326 e. The molecule has 0 bridgehead atoms. The van der Waals surface area contributed by atoms with E-state index in [0.717, 1.165) is 16.1 Å². The van der Waals surface area contributed by atoms with E-state index in [2.05, 4.69) is 15.6 Å². The maximum Gasteiger partial charge on any atom is 0.230 e. The number of rotatable bonds is 5. The van der Waals surface area contributed by atoms with Crippen LogP contribution >= 0.6 is 11.3 Å². The standard InChI is InChI=1S/C20H18FN3O2S/c1-12-4-3-5-14(8-12)20-23-16(11-27-20)10-19(26)24-18-9-15(22-13(2)25)6-7-17(18)21/h3-9,11H,10H2,1-2H3,(H,22,25)(H,24,26). The number of nitrogens with one attached hydrogen (secondary N) is 2. The highest BCUT2D eigenvalue weighted by atomic mass is 32.1. The molecule has 3 aromatic rings. The maximum absolute atomic E-state index is 13.9. The third-order valence-corrected chi connectivity index (χ3v) is 4.66. The molecule has 138 valence electrons. The second-order valence-electron chi connectivity index (χ2n) is 6.11. The van der Waals surface area contributed by atoms with Crippen LogP contribution in [0.5, 0.6) is 0 Å². The molecule has 0 aliphatic rings. The van der Waals surface area contributed by atoms with Crippen molar-refractivity contribution in [3.8, 4) is 10.6 Å². The highest BCUT2D eigenvalue weighted by Crippen LogP contribution is 2.25. The van der Waals surface area contributed by atoms with Crippen molar-refractivity contribution in [1.29, 1.82) is 0 Å². The van der Waals surface area contributed by atoms with E-state index in [-0.39, 0.29) is 23.9 Å². The minimum atomic E-state index is -0.573. The van der Waals surface area contributed by atoms with E-state index in [1.54, 1.807) is 0 Å². The molecule has 0 spiro atoms. The maximum atomic E-state index is 13.9. The Bertz CT molecular complexity index is 1000. The molecule has 2 N–H and O–H groups in total. The number of halogens is 1. The SMILES string of the molecule is CC(=O)Nc1ccc(F)c(NC(=O)Cc2csc(-c3cccc(C)c3)n2)c1. The smallest absolute Gasteiger partial charge is 0.230 e. The van der Waals surface area contributed by atoms with Gasteiger partial charge in [-0.1, -0.05) is 23.8 Å². The van der Waals surface area contributed by atoms with E-state index >= 15 is 0 Å². The molecule has 0 saturated heterocycles. The van der Waals surface area contributed by atoms with E-state index in [1.807, 2.05) is 36.6 Å². The quantitative estimate of drug-likeness (QED) is 0.686. The molecule has 0 aliphatic carbocycles. The first-order chi connectivity index (χ1) is 12.9. The van der Waals surface area contributed by atoms with E-state index in [9.17, 15) is 14.0 Å². The summed E-state index contributed by atoms with van der Waals surface area (Å²) >= 11 is 1.46. The van der Waals surface area contributed by atoms with E-state index in [1.165, 1.54) is 36.5 Å². The Kier molecular flexibility index (Phi) is 5.61. The monoisotopic (exact) mass is 383 g/mol. The predicted molar refractivity (Wildman–Crippen MR) is 105 cm³/mol. The predicted octanol–water partition coefficient (Wildman–Crippen LogP) is 4.40. The molecule has 2 amide bonds. The second-order valence-corrected chi connectivity index (χ2v) is 6.97. The van der Waals surface area contributed by atoms with Crippen molar-refractivity contribution in [3.05, 3.63) is 64.9 Å². The normalized spacial score (nSPS) is 10.5. The Morgan fingerprint density at radius 2 is 1.96 bits per heavy atom. The number of carbonyl (C=O) groups is 2. The number of hydrogen-bond donors (Lipinski definition) is 2. The Hall–Kier alpha value is -3.06. The summed E-state index contributed by atoms with van der Waals surface area (Å²) in [5.41, 5.74) is 3.18. The van der Waals surface area contributed by atoms with Gasteiger partial charge in [-0.25, -0.2) is 9.37 Å². The summed E-state index contributed by atoms with van der Waals surface area (Å²) in [6.45, 7) is 3.37. The van der Waals surface area contributed by atoms with Gasteiger partial charge in [0.25, 0.3) is 0 Å². The second kappa shape index (κ2) is 8.09. The number of nitrogens with zero attached hydrogens (tertiary/aromatic N) is 1. The molecule has 1 aromatic heterocycles. The lowest BCUT2D eigenvalue weighted by molar-refractivity contribution is -0.116. The Morgan fingerprint density at radius 1 is 1.15 bits per heavy atom. The fourth-order valence-corrected chi connectivity index (χ4v) is 3.38. The molecule has 5 nitrogen and oxygen atoms in total. The van der Waals surface area contributed by atoms with Gasteiger partial charge in [0.15, 0.2) is 0 Å². The van der Waals surface area contributed by atoms with Gasteiger partial charge >= 0.3 is 0 Å². The first-order valence-electron chi connectivity index (χ1n) is 8.29. The van der Waals surface area contributed by atoms with Crippen LogP contribution in [-0.4, -0.2) is 16.8 Å². The van der Waals surface area contributed by atoms with Crippen LogP contribution in [0.25, 0.3) is 10.6 Å². The molecule has 0 unspecified atom stereocenters. The Morgan fingerprint density at radius 3 is 2.70 bits per heavy atom. The van der Waals surface area contributed by atoms with Crippen LogP contribution < -0.4 is 10.6 Å². The van der Waals surface area contributed by atoms with Crippen molar-refractivity contribution in [2.45, 2.75) is 20.3 Å². The Labute approximate surface area is 160 Å². The van der Waals surface area contributed by atoms with Gasteiger partial charge < -0.3 is 10.6 Å². The first kappa shape index (κ1) is 18.7. The number of aromatic nitrogens is 1. The fourth-order valence-electron chi connectivity index (χ4n) is 2.56. The third-order valence-electron chi connectivity index (χ3n) is 3.72. The Balaban J connectivity index is 1.69. The van der Waals surface area contributed by atoms with Crippen LogP contribution in [-0.2, 0) is 16.0 Å². The van der Waals surface area contributed by atoms with Crippen molar-refractivity contribution in [2.24, 2.45) is 0 Å². The molecule has 0 fully saturated rings. The number of thiazole rings is 1. The number of benzene rings is 2. The van der Waals surface area contributed by atoms with Crippen molar-refractivity contribution in [3.63, 3.8) is 0 Å². The van der Waals surface area contributed by atoms with Crippen molar-refractivity contribution < 1.29 is 14.0 Å². The zero-order chi connectivity index (χ0) is 19.4. The van der Waals surface area contributed by atoms with Crippen LogP contribution in [0.4, 0.5) is 15.8 Å². The van der Waals surface area contributed by atoms with Gasteiger partial charge in [-0.2, -0.15) is 0 Å². The summed E-state index contributed by atoms with van der Waals surface area (Å²) in [5.74, 6) is -1.23. The van der Waals surface area contributed by atoms with Crippen LogP contribution in [0.3, 0.4) is 0 Å². The molecule has 27 heavy (non-hydrogen) atoms. The number of carbonyl (C=O) groups excluding carboxylic acids is 2. The number of hydrogen-bond acceptors (Lipinski definition) is 4. The molecule has 0 aliphatic heterocycles. The van der Waals surface area contributed by atoms with Gasteiger partial charge in [0.1, 0.15) is 10.8 Å². The van der Waals surface area contributed by atoms with Gasteiger partial charge in [0.05, 0.1) is 17.8 Å². The van der Waals surface area contributed by atoms with Gasteiger partial charge in [0, 0.05) is 23.6 Å². The van der Waals surface area contributed by atoms with Crippen LogP contribution in [0.1, 0.15) is 18.2 Å². The van der Waals surface area contributed by atoms with Crippen LogP contribution in [0, 0.1) is 12.7 Å². The van der Waals surface area contributed by atoms with Gasteiger partial charge in [-0.3, -0.25) is 9.59 Å². The summed E-state index contributed by atoms with van der Waals surface area (Å²) in [6, 6.07) is 12.0. The van der Waals surface area contributed by atoms with Gasteiger partial charge in [0.2, 0.25) is 11.8 Å². The summed E-state index contributed by atoms with van der Waals surface area (Å²) in [5, 5.41) is 7.74. The minimum absolute atomic E-state index is 0.0142. The van der Waals surface area contributed by atoms with E-state index < -0.39 is 5.82 Å². The summed E-state index contributed by atoms with van der Waals surface area (Å²) in [6.07, 6.45) is 0.0338. The number of amides is 2. The van der Waals surface area contributed by atoms with Crippen molar-refractivity contribution in [1.82, 2.24) is 4.98 Å². The summed E-state index contributed by atoms with van der Waals surface area (Å²) in [4.78, 5) is 27.9. The fraction of sp³-hybridized carbons (Fsp3) is 0.150. The molecule has 3 rings (SSSR count). The minimum Gasteiger partial charge on any atom is -0.326 e. The molecular weight excluding hydrogens is 365 g/mol. The van der Waals surface area contributed by atoms with Crippen LogP contribution in [0.15, 0.2) is 47.8 Å². The van der Waals surface area contributed by atoms with E-state index in [4.69, 9.17) is 0 Å². The molecule has 7 heteroatoms. The van der Waals surface area contributed by atoms with E-state index in [0.29, 0.717) is 11.4 Å². The number of aryl methyl sites for hydroxylation is 1.